The SMILES string of the molecule is CCOC(=O)Cc1nc(OC(F)(F)F)cc(CN)c1C(F)(F)F. The van der Waals surface area contributed by atoms with Gasteiger partial charge in [-0.15, -0.1) is 13.2 Å². The van der Waals surface area contributed by atoms with Crippen LogP contribution in [0.5, 0.6) is 5.88 Å². The van der Waals surface area contributed by atoms with Crippen LogP contribution in [0, 0.1) is 0 Å². The average molecular weight is 346 g/mol. The van der Waals surface area contributed by atoms with Gasteiger partial charge in [-0.25, -0.2) is 4.98 Å². The van der Waals surface area contributed by atoms with Crippen molar-refractivity contribution in [1.29, 1.82) is 0 Å². The maximum atomic E-state index is 13.1. The molecule has 0 unspecified atom stereocenters. The lowest BCUT2D eigenvalue weighted by molar-refractivity contribution is -0.276. The van der Waals surface area contributed by atoms with Crippen molar-refractivity contribution >= 4 is 5.97 Å². The van der Waals surface area contributed by atoms with E-state index in [9.17, 15) is 31.1 Å². The number of carbonyl (C=O) groups is 1. The molecule has 23 heavy (non-hydrogen) atoms. The fourth-order valence-corrected chi connectivity index (χ4v) is 1.78. The molecule has 0 amide bonds. The molecule has 2 N–H and O–H groups in total. The zero-order valence-corrected chi connectivity index (χ0v) is 11.7. The summed E-state index contributed by atoms with van der Waals surface area (Å²) in [6.07, 6.45) is -11.1. The predicted octanol–water partition coefficient (Wildman–Crippen LogP) is 2.56. The number of halogens is 6. The Morgan fingerprint density at radius 1 is 1.26 bits per heavy atom. The fourth-order valence-electron chi connectivity index (χ4n) is 1.78. The van der Waals surface area contributed by atoms with Gasteiger partial charge in [-0.05, 0) is 12.5 Å². The van der Waals surface area contributed by atoms with Crippen molar-refractivity contribution in [2.45, 2.75) is 32.4 Å². The number of ether oxygens (including phenoxy) is 2. The Kier molecular flexibility index (Phi) is 5.81. The second-order valence-corrected chi connectivity index (χ2v) is 4.17. The van der Waals surface area contributed by atoms with Crippen LogP contribution in [0.3, 0.4) is 0 Å². The molecule has 1 aromatic rings. The zero-order chi connectivity index (χ0) is 17.8. The number of rotatable bonds is 5. The first kappa shape index (κ1) is 19.0. The van der Waals surface area contributed by atoms with Crippen LogP contribution in [0.4, 0.5) is 26.3 Å². The van der Waals surface area contributed by atoms with Crippen molar-refractivity contribution in [2.24, 2.45) is 5.73 Å². The highest BCUT2D eigenvalue weighted by Crippen LogP contribution is 2.36. The van der Waals surface area contributed by atoms with Crippen LogP contribution >= 0.6 is 0 Å². The van der Waals surface area contributed by atoms with E-state index in [0.29, 0.717) is 6.07 Å². The van der Waals surface area contributed by atoms with Crippen molar-refractivity contribution in [2.75, 3.05) is 6.61 Å². The van der Waals surface area contributed by atoms with Crippen molar-refractivity contribution in [1.82, 2.24) is 4.98 Å². The molecule has 0 saturated heterocycles. The van der Waals surface area contributed by atoms with Crippen LogP contribution in [-0.2, 0) is 28.7 Å². The van der Waals surface area contributed by atoms with Crippen LogP contribution in [0.15, 0.2) is 6.07 Å². The fraction of sp³-hybridized carbons (Fsp3) is 0.500. The minimum atomic E-state index is -5.15. The van der Waals surface area contributed by atoms with E-state index in [4.69, 9.17) is 5.73 Å². The Hall–Kier alpha value is -2.04. The Balaban J connectivity index is 3.40. The van der Waals surface area contributed by atoms with E-state index in [-0.39, 0.29) is 6.61 Å². The Morgan fingerprint density at radius 2 is 1.87 bits per heavy atom. The Labute approximate surface area is 126 Å². The zero-order valence-electron chi connectivity index (χ0n) is 11.7. The van der Waals surface area contributed by atoms with Crippen LogP contribution in [0.25, 0.3) is 0 Å². The summed E-state index contributed by atoms with van der Waals surface area (Å²) in [4.78, 5) is 14.5. The van der Waals surface area contributed by atoms with Gasteiger partial charge in [0.2, 0.25) is 5.88 Å². The highest BCUT2D eigenvalue weighted by molar-refractivity contribution is 5.72. The van der Waals surface area contributed by atoms with Crippen LogP contribution in [0.1, 0.15) is 23.7 Å². The number of esters is 1. The van der Waals surface area contributed by atoms with Gasteiger partial charge in [0, 0.05) is 12.6 Å². The molecule has 0 saturated carbocycles. The summed E-state index contributed by atoms with van der Waals surface area (Å²) < 4.78 is 83.9. The number of hydrogen-bond donors (Lipinski definition) is 1. The largest absolute Gasteiger partial charge is 0.574 e. The number of pyridine rings is 1. The van der Waals surface area contributed by atoms with Gasteiger partial charge >= 0.3 is 18.5 Å². The molecule has 130 valence electrons. The maximum absolute atomic E-state index is 13.1. The molecule has 1 rings (SSSR count). The molecule has 0 bridgehead atoms. The molecule has 0 aliphatic carbocycles. The smallest absolute Gasteiger partial charge is 0.466 e. The van der Waals surface area contributed by atoms with E-state index in [1.165, 1.54) is 6.92 Å². The second kappa shape index (κ2) is 7.02. The summed E-state index contributed by atoms with van der Waals surface area (Å²) in [5.74, 6) is -2.21. The lowest BCUT2D eigenvalue weighted by Crippen LogP contribution is -2.23. The van der Waals surface area contributed by atoms with Gasteiger partial charge in [0.1, 0.15) is 0 Å². The topological polar surface area (TPSA) is 74.4 Å². The van der Waals surface area contributed by atoms with Crippen molar-refractivity contribution < 1.29 is 40.6 Å². The van der Waals surface area contributed by atoms with Crippen LogP contribution < -0.4 is 10.5 Å². The van der Waals surface area contributed by atoms with Crippen molar-refractivity contribution in [3.8, 4) is 5.88 Å². The molecular weight excluding hydrogens is 334 g/mol. The standard InChI is InChI=1S/C12H12F6N2O3/c1-2-22-9(21)4-7-10(11(13,14)15)6(5-19)3-8(20-7)23-12(16,17)18/h3H,2,4-5,19H2,1H3. The number of carbonyl (C=O) groups excluding carboxylic acids is 1. The molecule has 11 heteroatoms. The minimum Gasteiger partial charge on any atom is -0.466 e. The molecule has 0 aliphatic heterocycles. The summed E-state index contributed by atoms with van der Waals surface area (Å²) in [6, 6.07) is 0.435. The Bertz CT molecular complexity index is 571. The highest BCUT2D eigenvalue weighted by atomic mass is 19.4. The van der Waals surface area contributed by atoms with E-state index in [0.717, 1.165) is 0 Å². The van der Waals surface area contributed by atoms with Gasteiger partial charge in [-0.2, -0.15) is 13.2 Å². The molecule has 0 spiro atoms. The van der Waals surface area contributed by atoms with Crippen molar-refractivity contribution in [3.05, 3.63) is 22.9 Å². The minimum absolute atomic E-state index is 0.108. The molecule has 0 radical (unpaired) electrons. The predicted molar refractivity (Wildman–Crippen MR) is 64.2 cm³/mol. The lowest BCUT2D eigenvalue weighted by Gasteiger charge is -2.18. The third-order valence-electron chi connectivity index (χ3n) is 2.49. The average Bonchev–Trinajstić information content (AvgIpc) is 2.34. The molecule has 5 nitrogen and oxygen atoms in total. The molecule has 0 atom stereocenters. The van der Waals surface area contributed by atoms with Gasteiger partial charge < -0.3 is 15.2 Å². The molecule has 1 heterocycles. The van der Waals surface area contributed by atoms with Gasteiger partial charge in [-0.1, -0.05) is 0 Å². The first-order chi connectivity index (χ1) is 10.5. The van der Waals surface area contributed by atoms with E-state index >= 15 is 0 Å². The lowest BCUT2D eigenvalue weighted by atomic mass is 10.0. The third kappa shape index (κ3) is 5.58. The number of hydrogen-bond acceptors (Lipinski definition) is 5. The van der Waals surface area contributed by atoms with E-state index < -0.39 is 54.2 Å². The molecule has 1 aromatic heterocycles. The summed E-state index contributed by atoms with van der Waals surface area (Å²) in [7, 11) is 0. The van der Waals surface area contributed by atoms with E-state index in [1.807, 2.05) is 0 Å². The summed E-state index contributed by atoms with van der Waals surface area (Å²) in [6.45, 7) is 0.592. The summed E-state index contributed by atoms with van der Waals surface area (Å²) in [5, 5.41) is 0. The number of nitrogens with two attached hydrogens (primary N) is 1. The quantitative estimate of drug-likeness (QED) is 0.655. The van der Waals surface area contributed by atoms with Gasteiger partial charge in [-0.3, -0.25) is 4.79 Å². The summed E-state index contributed by atoms with van der Waals surface area (Å²) in [5.41, 5.74) is 2.16. The number of nitrogens with zero attached hydrogens (tertiary/aromatic N) is 1. The monoisotopic (exact) mass is 346 g/mol. The normalized spacial score (nSPS) is 12.2. The van der Waals surface area contributed by atoms with Crippen LogP contribution in [-0.4, -0.2) is 23.9 Å². The van der Waals surface area contributed by atoms with Crippen molar-refractivity contribution in [3.63, 3.8) is 0 Å². The summed E-state index contributed by atoms with van der Waals surface area (Å²) >= 11 is 0. The molecule has 0 fully saturated rings. The number of aromatic nitrogens is 1. The highest BCUT2D eigenvalue weighted by Gasteiger charge is 2.39. The Morgan fingerprint density at radius 3 is 2.30 bits per heavy atom. The molecular formula is C12H12F6N2O3. The van der Waals surface area contributed by atoms with Gasteiger partial charge in [0.05, 0.1) is 24.3 Å². The van der Waals surface area contributed by atoms with E-state index in [2.05, 4.69) is 14.5 Å². The maximum Gasteiger partial charge on any atom is 0.574 e. The number of alkyl halides is 6. The third-order valence-corrected chi connectivity index (χ3v) is 2.49. The first-order valence-corrected chi connectivity index (χ1v) is 6.19. The van der Waals surface area contributed by atoms with E-state index in [1.54, 1.807) is 0 Å². The van der Waals surface area contributed by atoms with Crippen LogP contribution in [0.2, 0.25) is 0 Å². The first-order valence-electron chi connectivity index (χ1n) is 6.19. The molecule has 0 aliphatic rings. The molecule has 0 aromatic carbocycles. The van der Waals surface area contributed by atoms with Gasteiger partial charge in [0.15, 0.2) is 0 Å². The second-order valence-electron chi connectivity index (χ2n) is 4.17. The van der Waals surface area contributed by atoms with Gasteiger partial charge in [0.25, 0.3) is 0 Å².